The molecule has 1 aliphatic heterocycles. The number of para-hydroxylation sites is 2. The summed E-state index contributed by atoms with van der Waals surface area (Å²) in [6.45, 7) is 3.96. The van der Waals surface area contributed by atoms with Crippen molar-refractivity contribution in [3.8, 4) is 0 Å². The Morgan fingerprint density at radius 2 is 1.76 bits per heavy atom. The van der Waals surface area contributed by atoms with Crippen LogP contribution in [-0.4, -0.2) is 25.1 Å². The van der Waals surface area contributed by atoms with Crippen LogP contribution in [0.2, 0.25) is 0 Å². The van der Waals surface area contributed by atoms with Crippen molar-refractivity contribution in [2.45, 2.75) is 6.92 Å². The number of fused-ring (bicyclic) bond motifs is 1. The van der Waals surface area contributed by atoms with Gasteiger partial charge in [0.2, 0.25) is 0 Å². The van der Waals surface area contributed by atoms with Gasteiger partial charge in [0.15, 0.2) is 0 Å². The molecule has 0 aliphatic carbocycles. The molecule has 108 valence electrons. The molecule has 0 spiro atoms. The predicted octanol–water partition coefficient (Wildman–Crippen LogP) is 3.22. The van der Waals surface area contributed by atoms with Crippen LogP contribution >= 0.6 is 12.2 Å². The molecule has 0 aromatic heterocycles. The van der Waals surface area contributed by atoms with E-state index in [-0.39, 0.29) is 0 Å². The van der Waals surface area contributed by atoms with Gasteiger partial charge >= 0.3 is 0 Å². The topological polar surface area (TPSA) is 32.5 Å². The third kappa shape index (κ3) is 2.47. The van der Waals surface area contributed by atoms with E-state index < -0.39 is 0 Å². The van der Waals surface area contributed by atoms with Crippen LogP contribution in [0.15, 0.2) is 42.5 Å². The largest absolute Gasteiger partial charge is 0.389 e. The van der Waals surface area contributed by atoms with Gasteiger partial charge < -0.3 is 15.5 Å². The van der Waals surface area contributed by atoms with Crippen LogP contribution in [0.1, 0.15) is 11.1 Å². The van der Waals surface area contributed by atoms with Crippen LogP contribution < -0.4 is 15.5 Å². The van der Waals surface area contributed by atoms with Gasteiger partial charge in [-0.3, -0.25) is 0 Å². The first kappa shape index (κ1) is 13.9. The van der Waals surface area contributed by atoms with Crippen LogP contribution in [0.4, 0.5) is 17.1 Å². The van der Waals surface area contributed by atoms with E-state index in [1.54, 1.807) is 0 Å². The maximum absolute atomic E-state index is 5.93. The van der Waals surface area contributed by atoms with Gasteiger partial charge in [0, 0.05) is 25.7 Å². The molecule has 0 fully saturated rings. The lowest BCUT2D eigenvalue weighted by Gasteiger charge is -2.37. The molecule has 0 atom stereocenters. The smallest absolute Gasteiger partial charge is 0.106 e. The van der Waals surface area contributed by atoms with Crippen molar-refractivity contribution in [1.29, 1.82) is 0 Å². The highest BCUT2D eigenvalue weighted by molar-refractivity contribution is 7.80. The minimum absolute atomic E-state index is 0.449. The van der Waals surface area contributed by atoms with Crippen molar-refractivity contribution in [1.82, 2.24) is 0 Å². The van der Waals surface area contributed by atoms with E-state index in [0.29, 0.717) is 4.99 Å². The fourth-order valence-corrected chi connectivity index (χ4v) is 3.00. The van der Waals surface area contributed by atoms with E-state index in [2.05, 4.69) is 66.2 Å². The molecule has 3 rings (SSSR count). The highest BCUT2D eigenvalue weighted by atomic mass is 32.1. The number of rotatable bonds is 2. The van der Waals surface area contributed by atoms with Crippen LogP contribution in [0, 0.1) is 6.92 Å². The van der Waals surface area contributed by atoms with Gasteiger partial charge in [-0.1, -0.05) is 36.0 Å². The summed E-state index contributed by atoms with van der Waals surface area (Å²) in [5.74, 6) is 0. The number of hydrogen-bond acceptors (Lipinski definition) is 3. The lowest BCUT2D eigenvalue weighted by molar-refractivity contribution is 0.821. The molecule has 0 saturated heterocycles. The lowest BCUT2D eigenvalue weighted by atomic mass is 10.1. The molecule has 0 bridgehead atoms. The molecule has 0 radical (unpaired) electrons. The Balaban J connectivity index is 2.14. The number of thiocarbonyl (C=S) groups is 1. The number of anilines is 3. The normalized spacial score (nSPS) is 14.0. The Hall–Kier alpha value is -2.07. The number of benzene rings is 2. The van der Waals surface area contributed by atoms with Gasteiger partial charge in [0.25, 0.3) is 0 Å². The number of nitrogens with zero attached hydrogens (tertiary/aromatic N) is 2. The van der Waals surface area contributed by atoms with Crippen molar-refractivity contribution >= 4 is 34.3 Å². The van der Waals surface area contributed by atoms with Crippen molar-refractivity contribution < 1.29 is 0 Å². The van der Waals surface area contributed by atoms with Gasteiger partial charge in [-0.2, -0.15) is 0 Å². The Bertz CT molecular complexity index is 696. The fraction of sp³-hybridized carbons (Fsp3) is 0.235. The second-order valence-corrected chi connectivity index (χ2v) is 5.89. The third-order valence-electron chi connectivity index (χ3n) is 3.95. The van der Waals surface area contributed by atoms with Crippen molar-refractivity contribution in [3.05, 3.63) is 53.6 Å². The van der Waals surface area contributed by atoms with E-state index in [4.69, 9.17) is 18.0 Å². The molecular formula is C17H19N3S. The summed E-state index contributed by atoms with van der Waals surface area (Å²) in [4.78, 5) is 5.04. The number of aryl methyl sites for hydroxylation is 1. The summed E-state index contributed by atoms with van der Waals surface area (Å²) in [6.07, 6.45) is 0. The summed E-state index contributed by atoms with van der Waals surface area (Å²) in [7, 11) is 2.12. The van der Waals surface area contributed by atoms with Gasteiger partial charge in [-0.05, 0) is 31.2 Å². The highest BCUT2D eigenvalue weighted by Crippen LogP contribution is 2.38. The average molecular weight is 297 g/mol. The molecule has 2 aromatic carbocycles. The van der Waals surface area contributed by atoms with E-state index in [9.17, 15) is 0 Å². The van der Waals surface area contributed by atoms with Crippen molar-refractivity contribution in [3.63, 3.8) is 0 Å². The van der Waals surface area contributed by atoms with Crippen LogP contribution in [0.3, 0.4) is 0 Å². The van der Waals surface area contributed by atoms with Crippen molar-refractivity contribution in [2.75, 3.05) is 29.9 Å². The second kappa shape index (κ2) is 5.37. The summed E-state index contributed by atoms with van der Waals surface area (Å²) in [5.41, 5.74) is 11.6. The average Bonchev–Trinajstić information content (AvgIpc) is 2.48. The van der Waals surface area contributed by atoms with Gasteiger partial charge in [0.05, 0.1) is 17.1 Å². The Labute approximate surface area is 131 Å². The summed E-state index contributed by atoms with van der Waals surface area (Å²) in [5, 5.41) is 0. The summed E-state index contributed by atoms with van der Waals surface area (Å²) >= 11 is 5.24. The Morgan fingerprint density at radius 3 is 2.48 bits per heavy atom. The quantitative estimate of drug-likeness (QED) is 0.863. The molecule has 21 heavy (non-hydrogen) atoms. The molecule has 0 saturated carbocycles. The first-order valence-electron chi connectivity index (χ1n) is 7.06. The SMILES string of the molecule is Cc1ccc(N2CCN(C)c3ccccc32)c(C(N)=S)c1. The molecule has 3 nitrogen and oxygen atoms in total. The van der Waals surface area contributed by atoms with Crippen LogP contribution in [0.5, 0.6) is 0 Å². The first-order chi connectivity index (χ1) is 10.1. The lowest BCUT2D eigenvalue weighted by Crippen LogP contribution is -2.37. The van der Waals surface area contributed by atoms with Crippen molar-refractivity contribution in [2.24, 2.45) is 5.73 Å². The molecule has 2 aromatic rings. The summed E-state index contributed by atoms with van der Waals surface area (Å²) < 4.78 is 0. The molecule has 0 amide bonds. The Kier molecular flexibility index (Phi) is 3.55. The molecule has 4 heteroatoms. The predicted molar refractivity (Wildman–Crippen MR) is 93.8 cm³/mol. The summed E-state index contributed by atoms with van der Waals surface area (Å²) in [6, 6.07) is 14.7. The maximum atomic E-state index is 5.93. The number of nitrogens with two attached hydrogens (primary N) is 1. The van der Waals surface area contributed by atoms with Crippen LogP contribution in [-0.2, 0) is 0 Å². The minimum atomic E-state index is 0.449. The van der Waals surface area contributed by atoms with Crippen LogP contribution in [0.25, 0.3) is 0 Å². The molecule has 1 heterocycles. The zero-order valence-electron chi connectivity index (χ0n) is 12.3. The zero-order chi connectivity index (χ0) is 15.0. The third-order valence-corrected chi connectivity index (χ3v) is 4.17. The fourth-order valence-electron chi connectivity index (χ4n) is 2.84. The molecule has 1 aliphatic rings. The van der Waals surface area contributed by atoms with Gasteiger partial charge in [-0.15, -0.1) is 0 Å². The molecule has 2 N–H and O–H groups in total. The van der Waals surface area contributed by atoms with E-state index in [0.717, 1.165) is 24.3 Å². The standard InChI is InChI=1S/C17H19N3S/c1-12-7-8-14(13(11-12)17(18)21)20-10-9-19(2)15-5-3-4-6-16(15)20/h3-8,11H,9-10H2,1-2H3,(H2,18,21). The number of likely N-dealkylation sites (N-methyl/N-ethyl adjacent to an activating group) is 1. The molecule has 0 unspecified atom stereocenters. The van der Waals surface area contributed by atoms with E-state index in [1.807, 2.05) is 0 Å². The van der Waals surface area contributed by atoms with E-state index in [1.165, 1.54) is 16.9 Å². The highest BCUT2D eigenvalue weighted by Gasteiger charge is 2.23. The van der Waals surface area contributed by atoms with E-state index >= 15 is 0 Å². The minimum Gasteiger partial charge on any atom is -0.389 e. The molecular weight excluding hydrogens is 278 g/mol. The monoisotopic (exact) mass is 297 g/mol. The first-order valence-corrected chi connectivity index (χ1v) is 7.47. The van der Waals surface area contributed by atoms with Gasteiger partial charge in [-0.25, -0.2) is 0 Å². The van der Waals surface area contributed by atoms with Gasteiger partial charge in [0.1, 0.15) is 4.99 Å². The Morgan fingerprint density at radius 1 is 1.05 bits per heavy atom. The second-order valence-electron chi connectivity index (χ2n) is 5.45. The zero-order valence-corrected chi connectivity index (χ0v) is 13.2. The number of hydrogen-bond donors (Lipinski definition) is 1. The maximum Gasteiger partial charge on any atom is 0.106 e.